The van der Waals surface area contributed by atoms with Crippen LogP contribution in [0.3, 0.4) is 0 Å². The van der Waals surface area contributed by atoms with E-state index in [4.69, 9.17) is 0 Å². The summed E-state index contributed by atoms with van der Waals surface area (Å²) in [5.74, 6) is -0.468. The zero-order valence-corrected chi connectivity index (χ0v) is 19.6. The molecule has 7 nitrogen and oxygen atoms in total. The van der Waals surface area contributed by atoms with E-state index >= 15 is 0 Å². The number of halogens is 1. The molecule has 10 heteroatoms. The summed E-state index contributed by atoms with van der Waals surface area (Å²) in [7, 11) is -7.43. The van der Waals surface area contributed by atoms with E-state index in [0.717, 1.165) is 16.2 Å². The molecule has 33 heavy (non-hydrogen) atoms. The van der Waals surface area contributed by atoms with E-state index in [9.17, 15) is 21.2 Å². The molecule has 0 spiro atoms. The SMILES string of the molecule is Cc1ccc(S(=O)(=O)N2N=C(c3ccc(NS(C)(=O)=O)cc3)C[C@H]2c2cccc(F)c2)cc1. The number of hydrogen-bond donors (Lipinski definition) is 1. The van der Waals surface area contributed by atoms with Crippen molar-refractivity contribution in [3.63, 3.8) is 0 Å². The summed E-state index contributed by atoms with van der Waals surface area (Å²) >= 11 is 0. The molecule has 4 rings (SSSR count). The number of anilines is 1. The highest BCUT2D eigenvalue weighted by Crippen LogP contribution is 2.37. The van der Waals surface area contributed by atoms with E-state index in [-0.39, 0.29) is 11.3 Å². The third-order valence-corrected chi connectivity index (χ3v) is 7.50. The number of nitrogens with one attached hydrogen (secondary N) is 1. The standard InChI is InChI=1S/C23H22FN3O4S2/c1-16-6-12-21(13-7-16)33(30,31)27-23(18-4-3-5-19(24)14-18)15-22(25-27)17-8-10-20(11-9-17)26-32(2,28)29/h3-14,23,26H,15H2,1-2H3/t23-/m0/s1. The van der Waals surface area contributed by atoms with Crippen molar-refractivity contribution < 1.29 is 21.2 Å². The predicted molar refractivity (Wildman–Crippen MR) is 125 cm³/mol. The molecule has 0 aromatic heterocycles. The van der Waals surface area contributed by atoms with Gasteiger partial charge >= 0.3 is 0 Å². The molecule has 1 aliphatic heterocycles. The molecule has 3 aromatic rings. The van der Waals surface area contributed by atoms with E-state index in [1.165, 1.54) is 30.3 Å². The Bertz CT molecular complexity index is 1420. The van der Waals surface area contributed by atoms with Crippen LogP contribution in [0, 0.1) is 12.7 Å². The minimum Gasteiger partial charge on any atom is -0.284 e. The van der Waals surface area contributed by atoms with Crippen molar-refractivity contribution >= 4 is 31.4 Å². The highest BCUT2D eigenvalue weighted by molar-refractivity contribution is 7.92. The molecule has 0 unspecified atom stereocenters. The Labute approximate surface area is 192 Å². The predicted octanol–water partition coefficient (Wildman–Crippen LogP) is 4.05. The Kier molecular flexibility index (Phi) is 5.98. The van der Waals surface area contributed by atoms with Crippen LogP contribution in [0.4, 0.5) is 10.1 Å². The van der Waals surface area contributed by atoms with Gasteiger partial charge in [-0.3, -0.25) is 4.72 Å². The fourth-order valence-corrected chi connectivity index (χ4v) is 5.61. The lowest BCUT2D eigenvalue weighted by Gasteiger charge is -2.23. The molecule has 1 atom stereocenters. The first-order valence-electron chi connectivity index (χ1n) is 10.1. The Morgan fingerprint density at radius 2 is 1.64 bits per heavy atom. The normalized spacial score (nSPS) is 16.5. The number of rotatable bonds is 6. The molecule has 0 bridgehead atoms. The molecule has 172 valence electrons. The highest BCUT2D eigenvalue weighted by atomic mass is 32.2. The van der Waals surface area contributed by atoms with Gasteiger partial charge in [0.2, 0.25) is 10.0 Å². The third kappa shape index (κ3) is 5.07. The number of nitrogens with zero attached hydrogens (tertiary/aromatic N) is 2. The summed E-state index contributed by atoms with van der Waals surface area (Å²) in [6.07, 6.45) is 1.28. The second-order valence-electron chi connectivity index (χ2n) is 7.86. The Morgan fingerprint density at radius 1 is 0.970 bits per heavy atom. The molecule has 1 aliphatic rings. The van der Waals surface area contributed by atoms with Crippen LogP contribution in [0.1, 0.15) is 29.2 Å². The second-order valence-corrected chi connectivity index (χ2v) is 11.4. The van der Waals surface area contributed by atoms with Gasteiger partial charge in [0.15, 0.2) is 0 Å². The van der Waals surface area contributed by atoms with Gasteiger partial charge in [0, 0.05) is 12.1 Å². The first-order valence-corrected chi connectivity index (χ1v) is 13.4. The largest absolute Gasteiger partial charge is 0.284 e. The van der Waals surface area contributed by atoms with Crippen LogP contribution in [0.25, 0.3) is 0 Å². The molecule has 0 fully saturated rings. The van der Waals surface area contributed by atoms with Crippen LogP contribution in [0.5, 0.6) is 0 Å². The van der Waals surface area contributed by atoms with Crippen molar-refractivity contribution in [1.82, 2.24) is 4.41 Å². The number of hydrazone groups is 1. The maximum absolute atomic E-state index is 13.9. The Morgan fingerprint density at radius 3 is 2.24 bits per heavy atom. The fourth-order valence-electron chi connectivity index (χ4n) is 3.61. The zero-order chi connectivity index (χ0) is 23.8. The van der Waals surface area contributed by atoms with E-state index in [1.54, 1.807) is 42.5 Å². The van der Waals surface area contributed by atoms with Crippen LogP contribution < -0.4 is 4.72 Å². The highest BCUT2D eigenvalue weighted by Gasteiger charge is 2.37. The summed E-state index contributed by atoms with van der Waals surface area (Å²) in [4.78, 5) is 0.0900. The summed E-state index contributed by atoms with van der Waals surface area (Å²) < 4.78 is 67.1. The number of benzene rings is 3. The van der Waals surface area contributed by atoms with Crippen molar-refractivity contribution in [2.24, 2.45) is 5.10 Å². The number of aryl methyl sites for hydroxylation is 1. The van der Waals surface area contributed by atoms with E-state index in [2.05, 4.69) is 9.82 Å². The van der Waals surface area contributed by atoms with Crippen molar-refractivity contribution in [3.8, 4) is 0 Å². The molecule has 0 radical (unpaired) electrons. The summed E-state index contributed by atoms with van der Waals surface area (Å²) in [5.41, 5.74) is 2.91. The third-order valence-electron chi connectivity index (χ3n) is 5.19. The van der Waals surface area contributed by atoms with Crippen molar-refractivity contribution in [2.45, 2.75) is 24.3 Å². The van der Waals surface area contributed by atoms with Crippen molar-refractivity contribution in [2.75, 3.05) is 11.0 Å². The smallest absolute Gasteiger partial charge is 0.279 e. The van der Waals surface area contributed by atoms with Crippen LogP contribution in [0.2, 0.25) is 0 Å². The fraction of sp³-hybridized carbons (Fsp3) is 0.174. The number of sulfonamides is 2. The van der Waals surface area contributed by atoms with Gasteiger partial charge in [-0.1, -0.05) is 42.0 Å². The second kappa shape index (κ2) is 8.60. The average Bonchev–Trinajstić information content (AvgIpc) is 3.20. The van der Waals surface area contributed by atoms with E-state index < -0.39 is 31.9 Å². The van der Waals surface area contributed by atoms with Crippen LogP contribution >= 0.6 is 0 Å². The lowest BCUT2D eigenvalue weighted by atomic mass is 9.99. The average molecular weight is 488 g/mol. The lowest BCUT2D eigenvalue weighted by molar-refractivity contribution is 0.370. The quantitative estimate of drug-likeness (QED) is 0.568. The molecule has 0 aliphatic carbocycles. The molecule has 0 amide bonds. The van der Waals surface area contributed by atoms with E-state index in [1.807, 2.05) is 6.92 Å². The topological polar surface area (TPSA) is 95.9 Å². The van der Waals surface area contributed by atoms with Crippen molar-refractivity contribution in [1.29, 1.82) is 0 Å². The molecular formula is C23H22FN3O4S2. The number of hydrogen-bond acceptors (Lipinski definition) is 5. The Hall–Kier alpha value is -3.24. The van der Waals surface area contributed by atoms with Gasteiger partial charge in [-0.2, -0.15) is 17.9 Å². The van der Waals surface area contributed by atoms with Crippen LogP contribution in [-0.4, -0.2) is 33.2 Å². The monoisotopic (exact) mass is 487 g/mol. The maximum atomic E-state index is 13.9. The minimum absolute atomic E-state index is 0.0900. The maximum Gasteiger partial charge on any atom is 0.279 e. The minimum atomic E-state index is -4.01. The first kappa shape index (κ1) is 22.9. The first-order chi connectivity index (χ1) is 15.5. The molecule has 3 aromatic carbocycles. The van der Waals surface area contributed by atoms with Gasteiger partial charge in [0.25, 0.3) is 10.0 Å². The van der Waals surface area contributed by atoms with Crippen molar-refractivity contribution in [3.05, 3.63) is 95.3 Å². The van der Waals surface area contributed by atoms with Crippen LogP contribution in [-0.2, 0) is 20.0 Å². The summed E-state index contributed by atoms with van der Waals surface area (Å²) in [5, 5.41) is 4.42. The molecular weight excluding hydrogens is 465 g/mol. The summed E-state index contributed by atoms with van der Waals surface area (Å²) in [6.45, 7) is 1.86. The van der Waals surface area contributed by atoms with Gasteiger partial charge < -0.3 is 0 Å². The lowest BCUT2D eigenvalue weighted by Crippen LogP contribution is -2.27. The molecule has 1 N–H and O–H groups in total. The molecule has 1 heterocycles. The molecule has 0 saturated carbocycles. The van der Waals surface area contributed by atoms with Gasteiger partial charge in [-0.05, 0) is 54.4 Å². The molecule has 0 saturated heterocycles. The zero-order valence-electron chi connectivity index (χ0n) is 17.9. The summed E-state index contributed by atoms with van der Waals surface area (Å²) in [6, 6.07) is 18.0. The van der Waals surface area contributed by atoms with Gasteiger partial charge in [-0.15, -0.1) is 0 Å². The van der Waals surface area contributed by atoms with Crippen LogP contribution in [0.15, 0.2) is 82.8 Å². The van der Waals surface area contributed by atoms with E-state index in [0.29, 0.717) is 22.5 Å². The van der Waals surface area contributed by atoms with Gasteiger partial charge in [0.05, 0.1) is 22.9 Å². The van der Waals surface area contributed by atoms with Gasteiger partial charge in [0.1, 0.15) is 5.82 Å². The Balaban J connectivity index is 1.74. The van der Waals surface area contributed by atoms with Gasteiger partial charge in [-0.25, -0.2) is 12.8 Å².